The molecule has 0 saturated heterocycles. The number of hydrogen-bond acceptors (Lipinski definition) is 4. The van der Waals surface area contributed by atoms with Gasteiger partial charge in [0.25, 0.3) is 0 Å². The number of benzene rings is 2. The predicted molar refractivity (Wildman–Crippen MR) is 120 cm³/mol. The molecule has 0 fully saturated rings. The number of rotatable bonds is 9. The Hall–Kier alpha value is -3.22. The van der Waals surface area contributed by atoms with Crippen molar-refractivity contribution in [1.82, 2.24) is 15.5 Å². The molecular weight excluding hydrogens is 380 g/mol. The van der Waals surface area contributed by atoms with E-state index in [1.165, 1.54) is 4.90 Å². The van der Waals surface area contributed by atoms with E-state index < -0.39 is 0 Å². The number of likely N-dealkylation sites (N-methyl/N-ethyl adjacent to an activating group) is 1. The maximum Gasteiger partial charge on any atom is 0.243 e. The number of carbonyl (C=O) groups excluding carboxylic acids is 1. The lowest BCUT2D eigenvalue weighted by atomic mass is 10.1. The summed E-state index contributed by atoms with van der Waals surface area (Å²) in [4.78, 5) is 17.9. The second kappa shape index (κ2) is 11.7. The Balaban J connectivity index is 2.00. The molecule has 162 valence electrons. The highest BCUT2D eigenvalue weighted by Gasteiger charge is 2.12. The van der Waals surface area contributed by atoms with Crippen LogP contribution in [-0.2, 0) is 4.79 Å². The van der Waals surface area contributed by atoms with Crippen LogP contribution in [0.4, 0.5) is 0 Å². The van der Waals surface area contributed by atoms with Crippen molar-refractivity contribution < 1.29 is 14.3 Å². The van der Waals surface area contributed by atoms with Crippen LogP contribution in [0.15, 0.2) is 59.6 Å². The van der Waals surface area contributed by atoms with Crippen LogP contribution in [0.25, 0.3) is 0 Å². The zero-order valence-corrected chi connectivity index (χ0v) is 18.4. The third kappa shape index (κ3) is 7.66. The van der Waals surface area contributed by atoms with E-state index >= 15 is 0 Å². The van der Waals surface area contributed by atoms with Crippen molar-refractivity contribution in [3.63, 3.8) is 0 Å². The molecule has 0 aliphatic carbocycles. The van der Waals surface area contributed by atoms with Crippen molar-refractivity contribution >= 4 is 11.9 Å². The minimum atomic E-state index is -0.124. The lowest BCUT2D eigenvalue weighted by molar-refractivity contribution is -0.127. The van der Waals surface area contributed by atoms with Crippen molar-refractivity contribution in [3.8, 4) is 11.5 Å². The van der Waals surface area contributed by atoms with Crippen molar-refractivity contribution in [3.05, 3.63) is 60.2 Å². The van der Waals surface area contributed by atoms with Gasteiger partial charge < -0.3 is 25.0 Å². The second-order valence-corrected chi connectivity index (χ2v) is 7.22. The standard InChI is InChI=1S/C23H32N4O3/c1-17(30-21-13-9-12-20(14-21)29-5)15-24-23(25-16-22(28)27(3)4)26-18(2)19-10-7-6-8-11-19/h6-14,17-18H,15-16H2,1-5H3,(H2,24,25,26). The number of guanidine groups is 1. The van der Waals surface area contributed by atoms with Crippen LogP contribution in [0.1, 0.15) is 25.5 Å². The molecule has 0 aliphatic heterocycles. The molecule has 1 amide bonds. The highest BCUT2D eigenvalue weighted by atomic mass is 16.5. The SMILES string of the molecule is COc1cccc(OC(C)CNC(=NCC(=O)N(C)C)NC(C)c2ccccc2)c1. The fraction of sp³-hybridized carbons (Fsp3) is 0.391. The Kier molecular flexibility index (Phi) is 9.00. The number of amides is 1. The molecule has 0 spiro atoms. The molecule has 0 heterocycles. The van der Waals surface area contributed by atoms with E-state index in [2.05, 4.69) is 34.7 Å². The molecule has 7 nitrogen and oxygen atoms in total. The Morgan fingerprint density at radius 3 is 2.43 bits per heavy atom. The molecule has 0 radical (unpaired) electrons. The van der Waals surface area contributed by atoms with E-state index in [4.69, 9.17) is 9.47 Å². The lowest BCUT2D eigenvalue weighted by Crippen LogP contribution is -2.43. The van der Waals surface area contributed by atoms with Gasteiger partial charge in [-0.25, -0.2) is 4.99 Å². The Morgan fingerprint density at radius 1 is 1.07 bits per heavy atom. The summed E-state index contributed by atoms with van der Waals surface area (Å²) in [6, 6.07) is 17.6. The molecule has 2 aromatic carbocycles. The molecule has 0 bridgehead atoms. The van der Waals surface area contributed by atoms with Gasteiger partial charge in [-0.05, 0) is 31.5 Å². The van der Waals surface area contributed by atoms with Crippen LogP contribution in [0.5, 0.6) is 11.5 Å². The minimum Gasteiger partial charge on any atom is -0.497 e. The van der Waals surface area contributed by atoms with Gasteiger partial charge in [-0.2, -0.15) is 0 Å². The zero-order valence-electron chi connectivity index (χ0n) is 18.4. The van der Waals surface area contributed by atoms with E-state index in [0.717, 1.165) is 17.1 Å². The third-order valence-electron chi connectivity index (χ3n) is 4.46. The van der Waals surface area contributed by atoms with E-state index in [1.807, 2.05) is 49.4 Å². The largest absolute Gasteiger partial charge is 0.497 e. The molecule has 0 aliphatic rings. The number of methoxy groups -OCH3 is 1. The first-order valence-electron chi connectivity index (χ1n) is 9.99. The van der Waals surface area contributed by atoms with Crippen LogP contribution in [0.3, 0.4) is 0 Å². The van der Waals surface area contributed by atoms with E-state index in [-0.39, 0.29) is 24.6 Å². The number of ether oxygens (including phenoxy) is 2. The number of aliphatic imine (C=N–C) groups is 1. The Labute approximate surface area is 179 Å². The summed E-state index contributed by atoms with van der Waals surface area (Å²) in [5, 5.41) is 6.63. The van der Waals surface area contributed by atoms with Gasteiger partial charge in [0.05, 0.1) is 19.7 Å². The van der Waals surface area contributed by atoms with Crippen LogP contribution in [0, 0.1) is 0 Å². The third-order valence-corrected chi connectivity index (χ3v) is 4.46. The first-order chi connectivity index (χ1) is 14.4. The smallest absolute Gasteiger partial charge is 0.243 e. The van der Waals surface area contributed by atoms with Gasteiger partial charge in [0.1, 0.15) is 24.1 Å². The summed E-state index contributed by atoms with van der Waals surface area (Å²) >= 11 is 0. The first-order valence-corrected chi connectivity index (χ1v) is 9.99. The number of carbonyl (C=O) groups is 1. The quantitative estimate of drug-likeness (QED) is 0.489. The predicted octanol–water partition coefficient (Wildman–Crippen LogP) is 2.85. The average Bonchev–Trinajstić information content (AvgIpc) is 2.75. The van der Waals surface area contributed by atoms with Crippen LogP contribution >= 0.6 is 0 Å². The Morgan fingerprint density at radius 2 is 1.77 bits per heavy atom. The summed E-state index contributed by atoms with van der Waals surface area (Å²) in [7, 11) is 5.06. The van der Waals surface area contributed by atoms with Crippen LogP contribution < -0.4 is 20.1 Å². The average molecular weight is 413 g/mol. The summed E-state index contributed by atoms with van der Waals surface area (Å²) < 4.78 is 11.2. The molecule has 2 unspecified atom stereocenters. The summed E-state index contributed by atoms with van der Waals surface area (Å²) in [5.74, 6) is 1.97. The summed E-state index contributed by atoms with van der Waals surface area (Å²) in [6.07, 6.45) is -0.124. The summed E-state index contributed by atoms with van der Waals surface area (Å²) in [6.45, 7) is 4.60. The topological polar surface area (TPSA) is 75.2 Å². The van der Waals surface area contributed by atoms with Gasteiger partial charge in [0, 0.05) is 20.2 Å². The normalized spacial score (nSPS) is 13.2. The van der Waals surface area contributed by atoms with Gasteiger partial charge in [0.2, 0.25) is 5.91 Å². The molecule has 0 saturated carbocycles. The van der Waals surface area contributed by atoms with Crippen molar-refractivity contribution in [1.29, 1.82) is 0 Å². The maximum absolute atomic E-state index is 12.0. The fourth-order valence-electron chi connectivity index (χ4n) is 2.66. The number of hydrogen-bond donors (Lipinski definition) is 2. The molecule has 2 aromatic rings. The maximum atomic E-state index is 12.0. The minimum absolute atomic E-state index is 0.0292. The van der Waals surface area contributed by atoms with Gasteiger partial charge in [-0.1, -0.05) is 36.4 Å². The van der Waals surface area contributed by atoms with Crippen molar-refractivity contribution in [2.45, 2.75) is 26.0 Å². The molecule has 2 N–H and O–H groups in total. The molecule has 0 aromatic heterocycles. The number of nitrogens with one attached hydrogen (secondary N) is 2. The molecular formula is C23H32N4O3. The summed E-state index contributed by atoms with van der Waals surface area (Å²) in [5.41, 5.74) is 1.13. The second-order valence-electron chi connectivity index (χ2n) is 7.22. The first kappa shape index (κ1) is 23.1. The Bertz CT molecular complexity index is 824. The molecule has 2 atom stereocenters. The van der Waals surface area contributed by atoms with E-state index in [1.54, 1.807) is 21.2 Å². The molecule has 2 rings (SSSR count). The van der Waals surface area contributed by atoms with E-state index in [9.17, 15) is 4.79 Å². The van der Waals surface area contributed by atoms with Crippen LogP contribution in [0.2, 0.25) is 0 Å². The highest BCUT2D eigenvalue weighted by molar-refractivity contribution is 5.85. The molecule has 7 heteroatoms. The van der Waals surface area contributed by atoms with Crippen LogP contribution in [-0.4, -0.2) is 57.2 Å². The van der Waals surface area contributed by atoms with Crippen molar-refractivity contribution in [2.75, 3.05) is 34.3 Å². The van der Waals surface area contributed by atoms with Crippen molar-refractivity contribution in [2.24, 2.45) is 4.99 Å². The molecule has 30 heavy (non-hydrogen) atoms. The zero-order chi connectivity index (χ0) is 21.9. The lowest BCUT2D eigenvalue weighted by Gasteiger charge is -2.21. The van der Waals surface area contributed by atoms with E-state index in [0.29, 0.717) is 12.5 Å². The monoisotopic (exact) mass is 412 g/mol. The van der Waals surface area contributed by atoms with Gasteiger partial charge >= 0.3 is 0 Å². The highest BCUT2D eigenvalue weighted by Crippen LogP contribution is 2.19. The van der Waals surface area contributed by atoms with Gasteiger partial charge in [-0.15, -0.1) is 0 Å². The fourth-order valence-corrected chi connectivity index (χ4v) is 2.66. The van der Waals surface area contributed by atoms with Gasteiger partial charge in [-0.3, -0.25) is 4.79 Å². The number of nitrogens with zero attached hydrogens (tertiary/aromatic N) is 2. The van der Waals surface area contributed by atoms with Gasteiger partial charge in [0.15, 0.2) is 5.96 Å².